The largest absolute Gasteiger partial charge is 0.465 e. The van der Waals surface area contributed by atoms with E-state index >= 15 is 0 Å². The Morgan fingerprint density at radius 3 is 2.45 bits per heavy atom. The first kappa shape index (κ1) is 14.8. The average Bonchev–Trinajstić information content (AvgIpc) is 2.54. The van der Waals surface area contributed by atoms with Crippen LogP contribution in [0.25, 0.3) is 22.3 Å². The summed E-state index contributed by atoms with van der Waals surface area (Å²) in [6.45, 7) is 0. The lowest BCUT2D eigenvalue weighted by Crippen LogP contribution is -2.01. The van der Waals surface area contributed by atoms with Crippen LogP contribution in [-0.4, -0.2) is 23.0 Å². The summed E-state index contributed by atoms with van der Waals surface area (Å²) in [6.07, 6.45) is 0. The predicted octanol–water partition coefficient (Wildman–Crippen LogP) is 4.39. The molecule has 3 rings (SSSR count). The van der Waals surface area contributed by atoms with Crippen LogP contribution in [0.15, 0.2) is 42.5 Å². The van der Waals surface area contributed by atoms with Gasteiger partial charge in [-0.3, -0.25) is 0 Å². The van der Waals surface area contributed by atoms with Crippen LogP contribution in [0, 0.1) is 0 Å². The topological polar surface area (TPSA) is 52.1 Å². The zero-order chi connectivity index (χ0) is 15.7. The number of benzene rings is 2. The molecule has 3 aromatic rings. The van der Waals surface area contributed by atoms with Gasteiger partial charge in [-0.1, -0.05) is 23.2 Å². The third kappa shape index (κ3) is 2.75. The lowest BCUT2D eigenvalue weighted by molar-refractivity contribution is 0.0601. The fourth-order valence-corrected chi connectivity index (χ4v) is 2.43. The minimum Gasteiger partial charge on any atom is -0.465 e. The Bertz CT molecular complexity index is 864. The number of ether oxygens (including phenoxy) is 1. The van der Waals surface area contributed by atoms with Crippen LogP contribution in [0.5, 0.6) is 0 Å². The number of carbonyl (C=O) groups is 1. The Kier molecular flexibility index (Phi) is 3.96. The van der Waals surface area contributed by atoms with Gasteiger partial charge in [-0.05, 0) is 42.5 Å². The highest BCUT2D eigenvalue weighted by Gasteiger charge is 2.11. The fourth-order valence-electron chi connectivity index (χ4n) is 2.06. The Hall–Kier alpha value is -2.17. The van der Waals surface area contributed by atoms with Gasteiger partial charge in [0.15, 0.2) is 5.82 Å². The van der Waals surface area contributed by atoms with E-state index in [9.17, 15) is 4.79 Å². The van der Waals surface area contributed by atoms with E-state index in [4.69, 9.17) is 27.9 Å². The highest BCUT2D eigenvalue weighted by Crippen LogP contribution is 2.26. The first-order valence-corrected chi connectivity index (χ1v) is 7.15. The van der Waals surface area contributed by atoms with E-state index in [-0.39, 0.29) is 0 Å². The molecule has 0 aliphatic carbocycles. The molecule has 0 saturated carbocycles. The van der Waals surface area contributed by atoms with Crippen LogP contribution in [0.1, 0.15) is 10.4 Å². The van der Waals surface area contributed by atoms with Crippen LogP contribution in [-0.2, 0) is 4.74 Å². The lowest BCUT2D eigenvalue weighted by Gasteiger charge is -2.06. The third-order valence-electron chi connectivity index (χ3n) is 3.17. The van der Waals surface area contributed by atoms with E-state index in [1.807, 2.05) is 12.1 Å². The molecule has 0 fully saturated rings. The van der Waals surface area contributed by atoms with Crippen molar-refractivity contribution in [2.75, 3.05) is 7.11 Å². The quantitative estimate of drug-likeness (QED) is 0.515. The zero-order valence-corrected chi connectivity index (χ0v) is 13.0. The lowest BCUT2D eigenvalue weighted by atomic mass is 10.1. The molecule has 0 N–H and O–H groups in total. The zero-order valence-electron chi connectivity index (χ0n) is 11.5. The smallest absolute Gasteiger partial charge is 0.337 e. The number of nitrogens with zero attached hydrogens (tertiary/aromatic N) is 2. The summed E-state index contributed by atoms with van der Waals surface area (Å²) >= 11 is 12.1. The Morgan fingerprint density at radius 1 is 1.05 bits per heavy atom. The minimum atomic E-state index is -0.426. The van der Waals surface area contributed by atoms with Gasteiger partial charge in [0.05, 0.1) is 18.2 Å². The van der Waals surface area contributed by atoms with E-state index in [1.165, 1.54) is 7.11 Å². The molecule has 0 aliphatic heterocycles. The van der Waals surface area contributed by atoms with Gasteiger partial charge in [0.1, 0.15) is 5.15 Å². The molecule has 0 amide bonds. The van der Waals surface area contributed by atoms with Gasteiger partial charge < -0.3 is 4.74 Å². The maximum absolute atomic E-state index is 11.6. The summed E-state index contributed by atoms with van der Waals surface area (Å²) in [5.41, 5.74) is 1.77. The third-order valence-corrected chi connectivity index (χ3v) is 3.71. The number of fused-ring (bicyclic) bond motifs is 1. The molecule has 0 radical (unpaired) electrons. The summed E-state index contributed by atoms with van der Waals surface area (Å²) < 4.78 is 4.71. The molecule has 1 aromatic heterocycles. The monoisotopic (exact) mass is 332 g/mol. The fraction of sp³-hybridized carbons (Fsp3) is 0.0625. The van der Waals surface area contributed by atoms with Crippen LogP contribution in [0.2, 0.25) is 10.2 Å². The molecule has 1 heterocycles. The van der Waals surface area contributed by atoms with Crippen molar-refractivity contribution in [2.45, 2.75) is 0 Å². The van der Waals surface area contributed by atoms with Gasteiger partial charge >= 0.3 is 5.97 Å². The highest BCUT2D eigenvalue weighted by molar-refractivity contribution is 6.34. The molecule has 0 aliphatic rings. The van der Waals surface area contributed by atoms with Crippen LogP contribution < -0.4 is 0 Å². The normalized spacial score (nSPS) is 10.7. The number of hydrogen-bond acceptors (Lipinski definition) is 4. The molecule has 6 heteroatoms. The molecule has 0 bridgehead atoms. The first-order valence-electron chi connectivity index (χ1n) is 6.40. The Morgan fingerprint density at radius 2 is 1.77 bits per heavy atom. The number of methoxy groups -OCH3 is 1. The van der Waals surface area contributed by atoms with Crippen molar-refractivity contribution in [3.8, 4) is 11.4 Å². The summed E-state index contributed by atoms with van der Waals surface area (Å²) in [5.74, 6) is 0.0425. The first-order chi connectivity index (χ1) is 10.6. The van der Waals surface area contributed by atoms with Crippen molar-refractivity contribution in [2.24, 2.45) is 0 Å². The van der Waals surface area contributed by atoms with E-state index < -0.39 is 5.97 Å². The predicted molar refractivity (Wildman–Crippen MR) is 86.3 cm³/mol. The molecular formula is C16H10Cl2N2O2. The summed E-state index contributed by atoms with van der Waals surface area (Å²) in [4.78, 5) is 20.4. The average molecular weight is 333 g/mol. The SMILES string of the molecule is COC(=O)c1ccc2c(Cl)nc(-c3ccc(Cl)cc3)nc2c1. The van der Waals surface area contributed by atoms with Gasteiger partial charge in [0.2, 0.25) is 0 Å². The van der Waals surface area contributed by atoms with E-state index in [2.05, 4.69) is 9.97 Å². The molecule has 0 unspecified atom stereocenters. The molecule has 4 nitrogen and oxygen atoms in total. The Balaban J connectivity index is 2.17. The number of carbonyl (C=O) groups excluding carboxylic acids is 1. The second-order valence-electron chi connectivity index (χ2n) is 4.57. The van der Waals surface area contributed by atoms with Gasteiger partial charge in [-0.15, -0.1) is 0 Å². The molecule has 0 spiro atoms. The Labute approximate surface area is 136 Å². The molecule has 22 heavy (non-hydrogen) atoms. The van der Waals surface area contributed by atoms with Crippen LogP contribution >= 0.6 is 23.2 Å². The van der Waals surface area contributed by atoms with Crippen molar-refractivity contribution in [3.05, 3.63) is 58.2 Å². The van der Waals surface area contributed by atoms with Crippen molar-refractivity contribution in [1.82, 2.24) is 9.97 Å². The molecular weight excluding hydrogens is 323 g/mol. The van der Waals surface area contributed by atoms with E-state index in [0.717, 1.165) is 5.56 Å². The van der Waals surface area contributed by atoms with Gasteiger partial charge in [-0.25, -0.2) is 14.8 Å². The number of esters is 1. The number of halogens is 2. The van der Waals surface area contributed by atoms with Crippen LogP contribution in [0.3, 0.4) is 0 Å². The van der Waals surface area contributed by atoms with Crippen LogP contribution in [0.4, 0.5) is 0 Å². The summed E-state index contributed by atoms with van der Waals surface area (Å²) in [7, 11) is 1.33. The minimum absolute atomic E-state index is 0.325. The van der Waals surface area contributed by atoms with Gasteiger partial charge in [-0.2, -0.15) is 0 Å². The summed E-state index contributed by atoms with van der Waals surface area (Å²) in [6, 6.07) is 12.1. The highest BCUT2D eigenvalue weighted by atomic mass is 35.5. The number of aromatic nitrogens is 2. The molecule has 110 valence electrons. The molecule has 2 aromatic carbocycles. The summed E-state index contributed by atoms with van der Waals surface area (Å²) in [5, 5.41) is 1.63. The van der Waals surface area contributed by atoms with Crippen molar-refractivity contribution >= 4 is 40.1 Å². The maximum Gasteiger partial charge on any atom is 0.337 e. The van der Waals surface area contributed by atoms with Crippen molar-refractivity contribution in [3.63, 3.8) is 0 Å². The van der Waals surface area contributed by atoms with Crippen molar-refractivity contribution < 1.29 is 9.53 Å². The second kappa shape index (κ2) is 5.91. The standard InChI is InChI=1S/C16H10Cl2N2O2/c1-22-16(21)10-4-7-12-13(8-10)19-15(20-14(12)18)9-2-5-11(17)6-3-9/h2-8H,1H3. The van der Waals surface area contributed by atoms with E-state index in [0.29, 0.717) is 32.5 Å². The number of hydrogen-bond donors (Lipinski definition) is 0. The molecule has 0 atom stereocenters. The van der Waals surface area contributed by atoms with Crippen molar-refractivity contribution in [1.29, 1.82) is 0 Å². The van der Waals surface area contributed by atoms with Gasteiger partial charge in [0.25, 0.3) is 0 Å². The number of rotatable bonds is 2. The maximum atomic E-state index is 11.6. The van der Waals surface area contributed by atoms with E-state index in [1.54, 1.807) is 30.3 Å². The second-order valence-corrected chi connectivity index (χ2v) is 5.36. The molecule has 0 saturated heterocycles. The van der Waals surface area contributed by atoms with Gasteiger partial charge in [0, 0.05) is 16.0 Å².